The van der Waals surface area contributed by atoms with Crippen LogP contribution in [0.3, 0.4) is 0 Å². The standard InChI is InChI=1S/C13H15N7O/c1-9-5-4-6-10(2)12(9)20-11(15-16-17-20)7-19-8-14-18(3)13(19)21/h4-6,8H,7H2,1-3H3. The number of tetrazole rings is 1. The highest BCUT2D eigenvalue weighted by Crippen LogP contribution is 2.18. The minimum atomic E-state index is -0.203. The zero-order chi connectivity index (χ0) is 15.0. The minimum Gasteiger partial charge on any atom is -0.274 e. The lowest BCUT2D eigenvalue weighted by Crippen LogP contribution is -2.24. The van der Waals surface area contributed by atoms with Crippen LogP contribution in [0.4, 0.5) is 0 Å². The Morgan fingerprint density at radius 1 is 1.19 bits per heavy atom. The van der Waals surface area contributed by atoms with Gasteiger partial charge in [-0.2, -0.15) is 9.78 Å². The third kappa shape index (κ3) is 2.24. The molecule has 1 aromatic carbocycles. The highest BCUT2D eigenvalue weighted by molar-refractivity contribution is 5.46. The van der Waals surface area contributed by atoms with Crippen molar-refractivity contribution in [3.05, 3.63) is 52.0 Å². The zero-order valence-corrected chi connectivity index (χ0v) is 12.1. The normalized spacial score (nSPS) is 11.0. The van der Waals surface area contributed by atoms with Crippen LogP contribution in [-0.4, -0.2) is 34.6 Å². The lowest BCUT2D eigenvalue weighted by Gasteiger charge is -2.10. The third-order valence-electron chi connectivity index (χ3n) is 3.38. The smallest absolute Gasteiger partial charge is 0.274 e. The molecule has 2 heterocycles. The van der Waals surface area contributed by atoms with Crippen molar-refractivity contribution in [2.24, 2.45) is 7.05 Å². The Morgan fingerprint density at radius 3 is 2.52 bits per heavy atom. The summed E-state index contributed by atoms with van der Waals surface area (Å²) in [6.07, 6.45) is 1.48. The Bertz CT molecular complexity index is 822. The molecule has 0 aliphatic rings. The van der Waals surface area contributed by atoms with Crippen molar-refractivity contribution in [1.29, 1.82) is 0 Å². The van der Waals surface area contributed by atoms with Crippen molar-refractivity contribution in [3.8, 4) is 5.69 Å². The Labute approximate surface area is 120 Å². The van der Waals surface area contributed by atoms with Crippen molar-refractivity contribution in [2.45, 2.75) is 20.4 Å². The first-order valence-corrected chi connectivity index (χ1v) is 6.50. The number of hydrogen-bond donors (Lipinski definition) is 0. The molecule has 0 aliphatic carbocycles. The Hall–Kier alpha value is -2.77. The van der Waals surface area contributed by atoms with E-state index in [9.17, 15) is 4.79 Å². The van der Waals surface area contributed by atoms with Crippen LogP contribution >= 0.6 is 0 Å². The molecule has 0 bridgehead atoms. The summed E-state index contributed by atoms with van der Waals surface area (Å²) in [6.45, 7) is 4.28. The van der Waals surface area contributed by atoms with Crippen LogP contribution in [0.2, 0.25) is 0 Å². The molecule has 0 amide bonds. The Balaban J connectivity index is 2.06. The number of aryl methyl sites for hydroxylation is 3. The van der Waals surface area contributed by atoms with Crippen LogP contribution in [0.1, 0.15) is 17.0 Å². The van der Waals surface area contributed by atoms with Crippen molar-refractivity contribution in [3.63, 3.8) is 0 Å². The van der Waals surface area contributed by atoms with Gasteiger partial charge in [0.15, 0.2) is 5.82 Å². The summed E-state index contributed by atoms with van der Waals surface area (Å²) in [4.78, 5) is 11.9. The number of aromatic nitrogens is 7. The van der Waals surface area contributed by atoms with Crippen LogP contribution < -0.4 is 5.69 Å². The van der Waals surface area contributed by atoms with E-state index in [0.29, 0.717) is 5.82 Å². The van der Waals surface area contributed by atoms with Crippen molar-refractivity contribution < 1.29 is 0 Å². The van der Waals surface area contributed by atoms with Crippen LogP contribution in [0.25, 0.3) is 5.69 Å². The third-order valence-corrected chi connectivity index (χ3v) is 3.38. The maximum Gasteiger partial charge on any atom is 0.345 e. The fourth-order valence-electron chi connectivity index (χ4n) is 2.30. The number of hydrogen-bond acceptors (Lipinski definition) is 5. The predicted molar refractivity (Wildman–Crippen MR) is 75.2 cm³/mol. The van der Waals surface area contributed by atoms with Crippen LogP contribution in [-0.2, 0) is 13.6 Å². The zero-order valence-electron chi connectivity index (χ0n) is 12.1. The Kier molecular flexibility index (Phi) is 3.13. The molecule has 21 heavy (non-hydrogen) atoms. The minimum absolute atomic E-state index is 0.203. The predicted octanol–water partition coefficient (Wildman–Crippen LogP) is 0.223. The molecule has 8 heteroatoms. The summed E-state index contributed by atoms with van der Waals surface area (Å²) in [5.41, 5.74) is 2.88. The molecule has 0 saturated carbocycles. The fraction of sp³-hybridized carbons (Fsp3) is 0.308. The van der Waals surface area contributed by atoms with E-state index in [1.807, 2.05) is 32.0 Å². The van der Waals surface area contributed by atoms with Crippen LogP contribution in [0.15, 0.2) is 29.3 Å². The topological polar surface area (TPSA) is 83.4 Å². The molecule has 3 rings (SSSR count). The second-order valence-electron chi connectivity index (χ2n) is 4.91. The summed E-state index contributed by atoms with van der Waals surface area (Å²) < 4.78 is 4.41. The molecule has 0 spiro atoms. The number of para-hydroxylation sites is 1. The molecular weight excluding hydrogens is 270 g/mol. The van der Waals surface area contributed by atoms with Crippen molar-refractivity contribution >= 4 is 0 Å². The van der Waals surface area contributed by atoms with Gasteiger partial charge >= 0.3 is 5.69 Å². The van der Waals surface area contributed by atoms with Crippen molar-refractivity contribution in [1.82, 2.24) is 34.6 Å². The van der Waals surface area contributed by atoms with E-state index in [-0.39, 0.29) is 12.2 Å². The van der Waals surface area contributed by atoms with Gasteiger partial charge in [0, 0.05) is 7.05 Å². The lowest BCUT2D eigenvalue weighted by molar-refractivity contribution is 0.655. The van der Waals surface area contributed by atoms with E-state index in [2.05, 4.69) is 20.6 Å². The quantitative estimate of drug-likeness (QED) is 0.687. The monoisotopic (exact) mass is 285 g/mol. The average Bonchev–Trinajstić information content (AvgIpc) is 3.01. The fourth-order valence-corrected chi connectivity index (χ4v) is 2.30. The molecule has 3 aromatic rings. The SMILES string of the molecule is Cc1cccc(C)c1-n1nnnc1Cn1cnn(C)c1=O. The van der Waals surface area contributed by atoms with E-state index in [0.717, 1.165) is 16.8 Å². The second kappa shape index (κ2) is 4.97. The summed E-state index contributed by atoms with van der Waals surface area (Å²) >= 11 is 0. The number of nitrogens with zero attached hydrogens (tertiary/aromatic N) is 7. The molecule has 8 nitrogen and oxygen atoms in total. The Morgan fingerprint density at radius 2 is 1.90 bits per heavy atom. The highest BCUT2D eigenvalue weighted by atomic mass is 16.2. The first-order chi connectivity index (χ1) is 10.1. The molecule has 0 aliphatic heterocycles. The first-order valence-electron chi connectivity index (χ1n) is 6.50. The molecule has 0 radical (unpaired) electrons. The summed E-state index contributed by atoms with van der Waals surface area (Å²) in [6, 6.07) is 6.00. The molecule has 0 saturated heterocycles. The van der Waals surface area contributed by atoms with Crippen LogP contribution in [0.5, 0.6) is 0 Å². The second-order valence-corrected chi connectivity index (χ2v) is 4.91. The summed E-state index contributed by atoms with van der Waals surface area (Å²) in [5.74, 6) is 0.586. The lowest BCUT2D eigenvalue weighted by atomic mass is 10.1. The van der Waals surface area contributed by atoms with Gasteiger partial charge in [-0.1, -0.05) is 18.2 Å². The van der Waals surface area contributed by atoms with Gasteiger partial charge < -0.3 is 0 Å². The number of benzene rings is 1. The van der Waals surface area contributed by atoms with Gasteiger partial charge in [0.25, 0.3) is 0 Å². The van der Waals surface area contributed by atoms with Gasteiger partial charge in [0.05, 0.1) is 12.2 Å². The van der Waals surface area contributed by atoms with Gasteiger partial charge in [-0.3, -0.25) is 4.57 Å². The molecular formula is C13H15N7O. The summed E-state index contributed by atoms with van der Waals surface area (Å²) in [5, 5.41) is 15.7. The number of rotatable bonds is 3. The van der Waals surface area contributed by atoms with E-state index in [1.165, 1.54) is 15.6 Å². The molecule has 0 N–H and O–H groups in total. The average molecular weight is 285 g/mol. The largest absolute Gasteiger partial charge is 0.345 e. The van der Waals surface area contributed by atoms with E-state index in [1.54, 1.807) is 11.7 Å². The van der Waals surface area contributed by atoms with E-state index < -0.39 is 0 Å². The van der Waals surface area contributed by atoms with Gasteiger partial charge in [-0.25, -0.2) is 9.48 Å². The maximum atomic E-state index is 11.9. The molecule has 0 unspecified atom stereocenters. The summed E-state index contributed by atoms with van der Waals surface area (Å²) in [7, 11) is 1.60. The van der Waals surface area contributed by atoms with Crippen molar-refractivity contribution in [2.75, 3.05) is 0 Å². The van der Waals surface area contributed by atoms with E-state index in [4.69, 9.17) is 0 Å². The molecule has 2 aromatic heterocycles. The van der Waals surface area contributed by atoms with Crippen LogP contribution in [0, 0.1) is 13.8 Å². The van der Waals surface area contributed by atoms with Gasteiger partial charge in [-0.15, -0.1) is 5.10 Å². The maximum absolute atomic E-state index is 11.9. The first kappa shape index (κ1) is 13.2. The van der Waals surface area contributed by atoms with Gasteiger partial charge in [0.2, 0.25) is 0 Å². The molecule has 108 valence electrons. The van der Waals surface area contributed by atoms with Gasteiger partial charge in [0.1, 0.15) is 6.33 Å². The van der Waals surface area contributed by atoms with E-state index >= 15 is 0 Å². The molecule has 0 fully saturated rings. The van der Waals surface area contributed by atoms with Gasteiger partial charge in [-0.05, 0) is 35.4 Å². The highest BCUT2D eigenvalue weighted by Gasteiger charge is 2.14. The molecule has 0 atom stereocenters.